The minimum atomic E-state index is -3.91. The molecule has 2 aromatic carbocycles. The summed E-state index contributed by atoms with van der Waals surface area (Å²) in [4.78, 5) is 12.7. The lowest BCUT2D eigenvalue weighted by Crippen LogP contribution is -2.38. The zero-order valence-corrected chi connectivity index (χ0v) is 20.5. The van der Waals surface area contributed by atoms with Gasteiger partial charge < -0.3 is 10.1 Å². The molecule has 0 radical (unpaired) electrons. The van der Waals surface area contributed by atoms with Gasteiger partial charge in [-0.15, -0.1) is 0 Å². The van der Waals surface area contributed by atoms with Crippen LogP contribution in [0.4, 0.5) is 5.69 Å². The lowest BCUT2D eigenvalue weighted by molar-refractivity contribution is -0.116. The summed E-state index contributed by atoms with van der Waals surface area (Å²) < 4.78 is 58.1. The summed E-state index contributed by atoms with van der Waals surface area (Å²) >= 11 is 0. The van der Waals surface area contributed by atoms with E-state index in [2.05, 4.69) is 5.32 Å². The highest BCUT2D eigenvalue weighted by atomic mass is 32.2. The summed E-state index contributed by atoms with van der Waals surface area (Å²) in [6, 6.07) is 10.4. The molecular weight excluding hydrogens is 454 g/mol. The normalized spacial score (nSPS) is 12.2. The second-order valence-corrected chi connectivity index (χ2v) is 11.2. The maximum Gasteiger partial charge on any atom is 0.243 e. The molecule has 0 aliphatic rings. The third-order valence-corrected chi connectivity index (χ3v) is 8.45. The lowest BCUT2D eigenvalue weighted by atomic mass is 10.2. The van der Waals surface area contributed by atoms with E-state index in [1.54, 1.807) is 32.0 Å². The Balaban J connectivity index is 2.22. The van der Waals surface area contributed by atoms with Gasteiger partial charge in [0.2, 0.25) is 26.0 Å². The minimum absolute atomic E-state index is 0.0257. The Morgan fingerprint density at radius 3 is 2.06 bits per heavy atom. The van der Waals surface area contributed by atoms with Crippen molar-refractivity contribution < 1.29 is 26.4 Å². The van der Waals surface area contributed by atoms with Crippen LogP contribution in [0.5, 0.6) is 5.75 Å². The van der Waals surface area contributed by atoms with E-state index in [9.17, 15) is 21.6 Å². The fourth-order valence-electron chi connectivity index (χ4n) is 2.85. The van der Waals surface area contributed by atoms with Gasteiger partial charge in [0.25, 0.3) is 0 Å². The van der Waals surface area contributed by atoms with Crippen molar-refractivity contribution in [1.82, 2.24) is 8.61 Å². The zero-order chi connectivity index (χ0) is 24.1. The molecule has 2 aromatic rings. The number of hydrogen-bond acceptors (Lipinski definition) is 6. The molecule has 0 saturated heterocycles. The van der Waals surface area contributed by atoms with Crippen LogP contribution in [0.15, 0.2) is 52.3 Å². The quantitative estimate of drug-likeness (QED) is 0.555. The molecule has 1 N–H and O–H groups in total. The number of amides is 1. The summed E-state index contributed by atoms with van der Waals surface area (Å²) in [5, 5.41) is 2.63. The van der Waals surface area contributed by atoms with E-state index in [4.69, 9.17) is 4.74 Å². The smallest absolute Gasteiger partial charge is 0.243 e. The Kier molecular flexibility index (Phi) is 8.41. The van der Waals surface area contributed by atoms with Crippen molar-refractivity contribution >= 4 is 31.6 Å². The van der Waals surface area contributed by atoms with E-state index in [0.717, 1.165) is 8.61 Å². The Bertz CT molecular complexity index is 1160. The second-order valence-electron chi connectivity index (χ2n) is 7.15. The SMILES string of the molecule is CCOc1ccc(S(=O)(=O)N(CC)CC(=O)Nc2cc(S(=O)(=O)N(C)C)ccc2C)cc1. The van der Waals surface area contributed by atoms with Crippen molar-refractivity contribution in [3.63, 3.8) is 0 Å². The molecule has 0 heterocycles. The number of ether oxygens (including phenoxy) is 1. The predicted molar refractivity (Wildman–Crippen MR) is 123 cm³/mol. The number of anilines is 1. The third-order valence-electron chi connectivity index (χ3n) is 4.71. The molecule has 32 heavy (non-hydrogen) atoms. The van der Waals surface area contributed by atoms with Crippen molar-refractivity contribution in [3.8, 4) is 5.75 Å². The fraction of sp³-hybridized carbons (Fsp3) is 0.381. The summed E-state index contributed by atoms with van der Waals surface area (Å²) in [5.74, 6) is -0.0286. The van der Waals surface area contributed by atoms with Crippen molar-refractivity contribution in [3.05, 3.63) is 48.0 Å². The summed E-state index contributed by atoms with van der Waals surface area (Å²) in [5.41, 5.74) is 0.945. The number of sulfonamides is 2. The maximum absolute atomic E-state index is 13.0. The van der Waals surface area contributed by atoms with Gasteiger partial charge in [-0.2, -0.15) is 4.31 Å². The Morgan fingerprint density at radius 2 is 1.53 bits per heavy atom. The highest BCUT2D eigenvalue weighted by Crippen LogP contribution is 2.23. The van der Waals surface area contributed by atoms with E-state index in [1.807, 2.05) is 6.92 Å². The molecule has 2 rings (SSSR count). The highest BCUT2D eigenvalue weighted by Gasteiger charge is 2.26. The van der Waals surface area contributed by atoms with Gasteiger partial charge in [0, 0.05) is 26.3 Å². The summed E-state index contributed by atoms with van der Waals surface area (Å²) in [7, 11) is -4.76. The Labute approximate surface area is 190 Å². The first kappa shape index (κ1) is 25.8. The van der Waals surface area contributed by atoms with Crippen LogP contribution in [0, 0.1) is 6.92 Å². The predicted octanol–water partition coefficient (Wildman–Crippen LogP) is 2.29. The second kappa shape index (κ2) is 10.4. The van der Waals surface area contributed by atoms with Gasteiger partial charge in [0.15, 0.2) is 0 Å². The average Bonchev–Trinajstić information content (AvgIpc) is 2.73. The molecular formula is C21H29N3O6S2. The molecule has 9 nitrogen and oxygen atoms in total. The molecule has 0 aromatic heterocycles. The number of carbonyl (C=O) groups excluding carboxylic acids is 1. The van der Waals surface area contributed by atoms with Crippen LogP contribution in [0.2, 0.25) is 0 Å². The number of likely N-dealkylation sites (N-methyl/N-ethyl adjacent to an activating group) is 1. The topological polar surface area (TPSA) is 113 Å². The van der Waals surface area contributed by atoms with Crippen molar-refractivity contribution in [2.24, 2.45) is 0 Å². The third kappa shape index (κ3) is 5.85. The van der Waals surface area contributed by atoms with Gasteiger partial charge in [0.05, 0.1) is 22.9 Å². The van der Waals surface area contributed by atoms with E-state index < -0.39 is 32.5 Å². The highest BCUT2D eigenvalue weighted by molar-refractivity contribution is 7.89. The first-order chi connectivity index (χ1) is 14.9. The minimum Gasteiger partial charge on any atom is -0.494 e. The van der Waals surface area contributed by atoms with Gasteiger partial charge >= 0.3 is 0 Å². The molecule has 0 aliphatic heterocycles. The molecule has 0 spiro atoms. The first-order valence-electron chi connectivity index (χ1n) is 9.99. The molecule has 0 saturated carbocycles. The average molecular weight is 484 g/mol. The van der Waals surface area contributed by atoms with Crippen LogP contribution in [-0.4, -0.2) is 65.1 Å². The zero-order valence-electron chi connectivity index (χ0n) is 18.8. The van der Waals surface area contributed by atoms with Crippen LogP contribution in [0.3, 0.4) is 0 Å². The van der Waals surface area contributed by atoms with Gasteiger partial charge in [-0.25, -0.2) is 21.1 Å². The maximum atomic E-state index is 13.0. The largest absolute Gasteiger partial charge is 0.494 e. The number of carbonyl (C=O) groups is 1. The molecule has 11 heteroatoms. The first-order valence-corrected chi connectivity index (χ1v) is 12.9. The van der Waals surface area contributed by atoms with Gasteiger partial charge in [-0.1, -0.05) is 13.0 Å². The van der Waals surface area contributed by atoms with Crippen molar-refractivity contribution in [2.75, 3.05) is 39.1 Å². The number of benzene rings is 2. The lowest BCUT2D eigenvalue weighted by Gasteiger charge is -2.21. The van der Waals surface area contributed by atoms with Gasteiger partial charge in [-0.3, -0.25) is 4.79 Å². The van der Waals surface area contributed by atoms with Crippen molar-refractivity contribution in [1.29, 1.82) is 0 Å². The Hall–Kier alpha value is -2.47. The van der Waals surface area contributed by atoms with Crippen LogP contribution >= 0.6 is 0 Å². The van der Waals surface area contributed by atoms with E-state index >= 15 is 0 Å². The molecule has 0 fully saturated rings. The van der Waals surface area contributed by atoms with Crippen molar-refractivity contribution in [2.45, 2.75) is 30.6 Å². The molecule has 0 unspecified atom stereocenters. The van der Waals surface area contributed by atoms with Gasteiger partial charge in [0.1, 0.15) is 5.75 Å². The molecule has 0 aliphatic carbocycles. The number of hydrogen-bond donors (Lipinski definition) is 1. The van der Waals surface area contributed by atoms with E-state index in [-0.39, 0.29) is 16.3 Å². The van der Waals surface area contributed by atoms with Crippen LogP contribution in [0.25, 0.3) is 0 Å². The Morgan fingerprint density at radius 1 is 0.938 bits per heavy atom. The number of nitrogens with one attached hydrogen (secondary N) is 1. The molecule has 0 atom stereocenters. The van der Waals surface area contributed by atoms with Crippen LogP contribution in [-0.2, 0) is 24.8 Å². The number of nitrogens with zero attached hydrogens (tertiary/aromatic N) is 2. The monoisotopic (exact) mass is 483 g/mol. The molecule has 0 bridgehead atoms. The fourth-order valence-corrected chi connectivity index (χ4v) is 5.18. The standard InChI is InChI=1S/C21H29N3O6S2/c1-6-24(32(28,29)18-12-9-17(10-13-18)30-7-2)15-21(25)22-20-14-19(11-8-16(20)3)31(26,27)23(4)5/h8-14H,6-7,15H2,1-5H3,(H,22,25). The number of aryl methyl sites for hydroxylation is 1. The molecule has 1 amide bonds. The van der Waals surface area contributed by atoms with Crippen LogP contribution in [0.1, 0.15) is 19.4 Å². The summed E-state index contributed by atoms with van der Waals surface area (Å²) in [6.07, 6.45) is 0. The van der Waals surface area contributed by atoms with Gasteiger partial charge in [-0.05, 0) is 55.8 Å². The number of rotatable bonds is 10. The van der Waals surface area contributed by atoms with Crippen LogP contribution < -0.4 is 10.1 Å². The molecule has 176 valence electrons. The van der Waals surface area contributed by atoms with E-state index in [0.29, 0.717) is 23.6 Å². The van der Waals surface area contributed by atoms with E-state index in [1.165, 1.54) is 38.4 Å². The summed E-state index contributed by atoms with van der Waals surface area (Å²) in [6.45, 7) is 5.30.